The van der Waals surface area contributed by atoms with E-state index < -0.39 is 0 Å². The number of benzene rings is 1. The maximum absolute atomic E-state index is 12.3. The van der Waals surface area contributed by atoms with Gasteiger partial charge in [0.2, 0.25) is 0 Å². The van der Waals surface area contributed by atoms with Gasteiger partial charge in [-0.25, -0.2) is 14.6 Å². The number of hydrogen-bond donors (Lipinski definition) is 2. The van der Waals surface area contributed by atoms with Gasteiger partial charge in [0.25, 0.3) is 5.91 Å². The molecule has 28 heavy (non-hydrogen) atoms. The smallest absolute Gasteiger partial charge is 0.251 e. The molecule has 2 aromatic heterocycles. The van der Waals surface area contributed by atoms with Crippen LogP contribution in [0.25, 0.3) is 11.0 Å². The van der Waals surface area contributed by atoms with Gasteiger partial charge in [-0.2, -0.15) is 5.10 Å². The van der Waals surface area contributed by atoms with Crippen molar-refractivity contribution in [2.45, 2.75) is 18.6 Å². The van der Waals surface area contributed by atoms with E-state index in [0.717, 1.165) is 22.4 Å². The summed E-state index contributed by atoms with van der Waals surface area (Å²) in [7, 11) is 1.66. The first-order valence-electron chi connectivity index (χ1n) is 8.97. The van der Waals surface area contributed by atoms with Crippen molar-refractivity contribution in [3.8, 4) is 0 Å². The number of aromatic nitrogens is 4. The number of carbonyl (C=O) groups excluding carboxylic acids is 1. The highest BCUT2D eigenvalue weighted by atomic mass is 32.2. The highest BCUT2D eigenvalue weighted by Crippen LogP contribution is 2.23. The summed E-state index contributed by atoms with van der Waals surface area (Å²) >= 11 is 1.47. The Morgan fingerprint density at radius 2 is 2.14 bits per heavy atom. The van der Waals surface area contributed by atoms with E-state index in [2.05, 4.69) is 25.7 Å². The fourth-order valence-corrected chi connectivity index (χ4v) is 3.12. The molecule has 0 aliphatic heterocycles. The number of amides is 1. The molecule has 0 bridgehead atoms. The van der Waals surface area contributed by atoms with Gasteiger partial charge < -0.3 is 15.4 Å². The van der Waals surface area contributed by atoms with Crippen LogP contribution in [0.15, 0.2) is 35.6 Å². The van der Waals surface area contributed by atoms with Crippen LogP contribution in [-0.2, 0) is 11.3 Å². The van der Waals surface area contributed by atoms with Crippen molar-refractivity contribution in [2.75, 3.05) is 38.4 Å². The third kappa shape index (κ3) is 4.79. The van der Waals surface area contributed by atoms with E-state index in [0.29, 0.717) is 37.0 Å². The minimum Gasteiger partial charge on any atom is -0.383 e. The van der Waals surface area contributed by atoms with Gasteiger partial charge in [0.05, 0.1) is 24.7 Å². The van der Waals surface area contributed by atoms with Crippen molar-refractivity contribution in [1.82, 2.24) is 25.1 Å². The third-order valence-corrected chi connectivity index (χ3v) is 4.69. The number of aryl methyl sites for hydroxylation is 1. The molecule has 0 spiro atoms. The molecule has 0 unspecified atom stereocenters. The Bertz CT molecular complexity index is 959. The average Bonchev–Trinajstić information content (AvgIpc) is 3.11. The largest absolute Gasteiger partial charge is 0.383 e. The number of methoxy groups -OCH3 is 1. The van der Waals surface area contributed by atoms with E-state index in [4.69, 9.17) is 4.74 Å². The SMILES string of the molecule is COCCNc1nc(SC)nc2c1cnn2CCNC(=O)c1cccc(C)c1. The molecule has 9 heteroatoms. The molecule has 8 nitrogen and oxygen atoms in total. The molecule has 0 aliphatic carbocycles. The van der Waals surface area contributed by atoms with Crippen molar-refractivity contribution in [3.05, 3.63) is 41.6 Å². The lowest BCUT2D eigenvalue weighted by atomic mass is 10.1. The van der Waals surface area contributed by atoms with Crippen LogP contribution in [0.5, 0.6) is 0 Å². The van der Waals surface area contributed by atoms with Crippen LogP contribution >= 0.6 is 11.8 Å². The topological polar surface area (TPSA) is 94.0 Å². The molecule has 0 aliphatic rings. The van der Waals surface area contributed by atoms with E-state index in [1.165, 1.54) is 11.8 Å². The van der Waals surface area contributed by atoms with Gasteiger partial charge in [0.15, 0.2) is 10.8 Å². The summed E-state index contributed by atoms with van der Waals surface area (Å²) < 4.78 is 6.87. The van der Waals surface area contributed by atoms with Gasteiger partial charge in [-0.3, -0.25) is 4.79 Å². The van der Waals surface area contributed by atoms with E-state index in [1.54, 1.807) is 18.0 Å². The Morgan fingerprint density at radius 3 is 2.89 bits per heavy atom. The molecule has 0 radical (unpaired) electrons. The second-order valence-corrected chi connectivity index (χ2v) is 6.98. The zero-order valence-corrected chi connectivity index (χ0v) is 17.0. The van der Waals surface area contributed by atoms with Crippen molar-refractivity contribution in [2.24, 2.45) is 0 Å². The van der Waals surface area contributed by atoms with Gasteiger partial charge in [-0.15, -0.1) is 0 Å². The minimum absolute atomic E-state index is 0.0958. The predicted molar refractivity (Wildman–Crippen MR) is 111 cm³/mol. The molecule has 3 rings (SSSR count). The number of anilines is 1. The number of carbonyl (C=O) groups is 1. The van der Waals surface area contributed by atoms with E-state index in [9.17, 15) is 4.79 Å². The molecular weight excluding hydrogens is 376 g/mol. The Hall–Kier alpha value is -2.65. The first-order chi connectivity index (χ1) is 13.6. The van der Waals surface area contributed by atoms with E-state index in [-0.39, 0.29) is 5.91 Å². The average molecular weight is 401 g/mol. The molecule has 0 atom stereocenters. The van der Waals surface area contributed by atoms with E-state index in [1.807, 2.05) is 37.4 Å². The van der Waals surface area contributed by atoms with Crippen molar-refractivity contribution in [1.29, 1.82) is 0 Å². The Morgan fingerprint density at radius 1 is 1.29 bits per heavy atom. The molecular formula is C19H24N6O2S. The Kier molecular flexibility index (Phi) is 6.83. The standard InChI is InChI=1S/C19H24N6O2S/c1-13-5-4-6-14(11-13)18(26)21-7-9-25-17-15(12-22-25)16(20-8-10-27-2)23-19(24-17)28-3/h4-6,11-12H,7-10H2,1-3H3,(H,21,26)(H,20,23,24). The van der Waals surface area contributed by atoms with E-state index >= 15 is 0 Å². The highest BCUT2D eigenvalue weighted by Gasteiger charge is 2.13. The minimum atomic E-state index is -0.0958. The lowest BCUT2D eigenvalue weighted by Crippen LogP contribution is -2.27. The summed E-state index contributed by atoms with van der Waals surface area (Å²) in [5, 5.41) is 12.1. The molecule has 3 aromatic rings. The fourth-order valence-electron chi connectivity index (χ4n) is 2.76. The normalized spacial score (nSPS) is 11.0. The van der Waals surface area contributed by atoms with Crippen molar-refractivity contribution < 1.29 is 9.53 Å². The Labute approximate surface area is 168 Å². The molecule has 2 N–H and O–H groups in total. The molecule has 148 valence electrons. The lowest BCUT2D eigenvalue weighted by Gasteiger charge is -2.09. The summed E-state index contributed by atoms with van der Waals surface area (Å²) in [5.41, 5.74) is 2.45. The molecule has 1 amide bonds. The highest BCUT2D eigenvalue weighted by molar-refractivity contribution is 7.98. The number of thioether (sulfide) groups is 1. The monoisotopic (exact) mass is 400 g/mol. The first kappa shape index (κ1) is 20.1. The van der Waals surface area contributed by atoms with Crippen molar-refractivity contribution in [3.63, 3.8) is 0 Å². The molecule has 2 heterocycles. The number of nitrogens with one attached hydrogen (secondary N) is 2. The zero-order valence-electron chi connectivity index (χ0n) is 16.2. The second-order valence-electron chi connectivity index (χ2n) is 6.21. The second kappa shape index (κ2) is 9.52. The zero-order chi connectivity index (χ0) is 19.9. The third-order valence-electron chi connectivity index (χ3n) is 4.15. The van der Waals surface area contributed by atoms with Gasteiger partial charge in [0.1, 0.15) is 5.82 Å². The van der Waals surface area contributed by atoms with Gasteiger partial charge >= 0.3 is 0 Å². The molecule has 0 saturated heterocycles. The number of nitrogens with zero attached hydrogens (tertiary/aromatic N) is 4. The predicted octanol–water partition coefficient (Wildman–Crippen LogP) is 2.34. The van der Waals surface area contributed by atoms with Crippen LogP contribution < -0.4 is 10.6 Å². The summed E-state index contributed by atoms with van der Waals surface area (Å²) in [6, 6.07) is 7.52. The molecule has 1 aromatic carbocycles. The summed E-state index contributed by atoms with van der Waals surface area (Å²) in [4.78, 5) is 21.4. The molecule has 0 fully saturated rings. The number of ether oxygens (including phenoxy) is 1. The van der Waals surface area contributed by atoms with Crippen LogP contribution in [0.4, 0.5) is 5.82 Å². The van der Waals surface area contributed by atoms with Crippen molar-refractivity contribution >= 4 is 34.5 Å². The van der Waals surface area contributed by atoms with Gasteiger partial charge in [0, 0.05) is 25.8 Å². The maximum atomic E-state index is 12.3. The maximum Gasteiger partial charge on any atom is 0.251 e. The Balaban J connectivity index is 1.71. The quantitative estimate of drug-likeness (QED) is 0.323. The van der Waals surface area contributed by atoms with Crippen LogP contribution in [0.1, 0.15) is 15.9 Å². The number of fused-ring (bicyclic) bond motifs is 1. The lowest BCUT2D eigenvalue weighted by molar-refractivity contribution is 0.0952. The number of rotatable bonds is 9. The van der Waals surface area contributed by atoms with Crippen LogP contribution in [-0.4, -0.2) is 58.7 Å². The summed E-state index contributed by atoms with van der Waals surface area (Å²) in [5.74, 6) is 0.642. The van der Waals surface area contributed by atoms with Gasteiger partial charge in [-0.05, 0) is 25.3 Å². The van der Waals surface area contributed by atoms with Crippen LogP contribution in [0, 0.1) is 6.92 Å². The first-order valence-corrected chi connectivity index (χ1v) is 10.2. The van der Waals surface area contributed by atoms with Gasteiger partial charge in [-0.1, -0.05) is 29.5 Å². The van der Waals surface area contributed by atoms with Crippen LogP contribution in [0.2, 0.25) is 0 Å². The summed E-state index contributed by atoms with van der Waals surface area (Å²) in [6.07, 6.45) is 3.68. The fraction of sp³-hybridized carbons (Fsp3) is 0.368. The van der Waals surface area contributed by atoms with Crippen LogP contribution in [0.3, 0.4) is 0 Å². The molecule has 0 saturated carbocycles. The number of hydrogen-bond acceptors (Lipinski definition) is 7. The summed E-state index contributed by atoms with van der Waals surface area (Å²) in [6.45, 7) is 4.17.